The summed E-state index contributed by atoms with van der Waals surface area (Å²) in [6.07, 6.45) is 14.9. The van der Waals surface area contributed by atoms with Crippen LogP contribution in [0.4, 0.5) is 0 Å². The molecule has 0 aromatic heterocycles. The number of nitrogens with one attached hydrogen (secondary N) is 1. The number of hydrogen-bond acceptors (Lipinski definition) is 7. The van der Waals surface area contributed by atoms with Crippen molar-refractivity contribution in [2.24, 2.45) is 5.92 Å². The zero-order chi connectivity index (χ0) is 34.4. The van der Waals surface area contributed by atoms with Gasteiger partial charge in [-0.05, 0) is 50.3 Å². The molecule has 11 nitrogen and oxygen atoms in total. The number of carbonyl (C=O) groups excluding carboxylic acids is 2. The van der Waals surface area contributed by atoms with E-state index in [-0.39, 0.29) is 12.2 Å². The smallest absolute Gasteiger partial charge is 0.337 e. The number of rotatable bonds is 26. The highest BCUT2D eigenvalue weighted by molar-refractivity contribution is 5.94. The van der Waals surface area contributed by atoms with Gasteiger partial charge in [0.25, 0.3) is 0 Å². The molecule has 1 aromatic rings. The SMILES string of the molecule is CC=CCOc1ccc(CC(NC(=O)C(C=CCCCCCCC(=O)CCCCCCC)C(O)(CC(=O)O)C(=O)O)C(=O)O)cc1. The van der Waals surface area contributed by atoms with E-state index in [1.54, 1.807) is 24.3 Å². The lowest BCUT2D eigenvalue weighted by Gasteiger charge is -2.29. The van der Waals surface area contributed by atoms with Gasteiger partial charge in [-0.2, -0.15) is 0 Å². The van der Waals surface area contributed by atoms with Gasteiger partial charge in [-0.1, -0.05) is 81.9 Å². The first kappa shape index (κ1) is 40.0. The van der Waals surface area contributed by atoms with E-state index in [0.717, 1.165) is 51.0 Å². The van der Waals surface area contributed by atoms with E-state index in [2.05, 4.69) is 12.2 Å². The van der Waals surface area contributed by atoms with Crippen molar-refractivity contribution < 1.29 is 49.1 Å². The number of Topliss-reactive ketones (excluding diaryl/α,β-unsaturated/α-hetero) is 1. The second-order valence-electron chi connectivity index (χ2n) is 11.5. The lowest BCUT2D eigenvalue weighted by atomic mass is 9.82. The highest BCUT2D eigenvalue weighted by atomic mass is 16.5. The molecule has 1 aromatic carbocycles. The Kier molecular flexibility index (Phi) is 19.6. The Morgan fingerprint density at radius 3 is 2.02 bits per heavy atom. The summed E-state index contributed by atoms with van der Waals surface area (Å²) in [7, 11) is 0. The lowest BCUT2D eigenvalue weighted by molar-refractivity contribution is -0.172. The first-order chi connectivity index (χ1) is 21.9. The zero-order valence-corrected chi connectivity index (χ0v) is 27.1. The maximum Gasteiger partial charge on any atom is 0.337 e. The third-order valence-corrected chi connectivity index (χ3v) is 7.61. The molecule has 0 aliphatic carbocycles. The van der Waals surface area contributed by atoms with Crippen molar-refractivity contribution >= 4 is 29.6 Å². The van der Waals surface area contributed by atoms with Gasteiger partial charge in [0.1, 0.15) is 24.2 Å². The Morgan fingerprint density at radius 1 is 0.870 bits per heavy atom. The first-order valence-electron chi connectivity index (χ1n) is 16.2. The van der Waals surface area contributed by atoms with Crippen LogP contribution in [0.15, 0.2) is 48.6 Å². The van der Waals surface area contributed by atoms with Gasteiger partial charge in [0.2, 0.25) is 5.91 Å². The monoisotopic (exact) mass is 645 g/mol. The highest BCUT2D eigenvalue weighted by Crippen LogP contribution is 2.26. The highest BCUT2D eigenvalue weighted by Gasteiger charge is 2.49. The number of carbonyl (C=O) groups is 5. The maximum absolute atomic E-state index is 13.3. The van der Waals surface area contributed by atoms with Gasteiger partial charge in [-0.25, -0.2) is 9.59 Å². The molecule has 5 N–H and O–H groups in total. The predicted octanol–water partition coefficient (Wildman–Crippen LogP) is 5.49. The van der Waals surface area contributed by atoms with E-state index in [1.165, 1.54) is 12.5 Å². The molecule has 0 bridgehead atoms. The van der Waals surface area contributed by atoms with Crippen LogP contribution in [-0.2, 0) is 30.4 Å². The van der Waals surface area contributed by atoms with Crippen molar-refractivity contribution in [1.82, 2.24) is 5.32 Å². The van der Waals surface area contributed by atoms with Crippen LogP contribution in [0.1, 0.15) is 103 Å². The number of ether oxygens (including phenoxy) is 1. The number of aliphatic carboxylic acids is 3. The third kappa shape index (κ3) is 15.8. The second-order valence-corrected chi connectivity index (χ2v) is 11.5. The van der Waals surface area contributed by atoms with Crippen LogP contribution in [-0.4, -0.2) is 68.3 Å². The van der Waals surface area contributed by atoms with Gasteiger partial charge in [-0.3, -0.25) is 14.4 Å². The number of carboxylic acids is 3. The quantitative estimate of drug-likeness (QED) is 0.0637. The summed E-state index contributed by atoms with van der Waals surface area (Å²) in [6, 6.07) is 5.07. The standard InChI is InChI=1S/C35H51NO10/c1-3-5-7-10-13-16-27(37)17-14-11-8-9-12-15-18-29(35(45,34(43)44)25-31(38)39)32(40)36-30(33(41)42)24-26-19-21-28(22-20-26)46-23-6-4-2/h4,6,15,18-22,29-30,45H,3,5,7-14,16-17,23-25H2,1-2H3,(H,36,40)(H,38,39)(H,41,42)(H,43,44). The molecule has 0 aliphatic rings. The summed E-state index contributed by atoms with van der Waals surface area (Å²) < 4.78 is 5.52. The maximum atomic E-state index is 13.3. The largest absolute Gasteiger partial charge is 0.490 e. The normalized spacial score (nSPS) is 14.1. The third-order valence-electron chi connectivity index (χ3n) is 7.61. The Labute approximate surface area is 271 Å². The Hall–Kier alpha value is -3.99. The number of allylic oxidation sites excluding steroid dienone is 2. The Bertz CT molecular complexity index is 1160. The molecule has 1 rings (SSSR count). The van der Waals surface area contributed by atoms with Crippen LogP contribution in [0, 0.1) is 5.92 Å². The topological polar surface area (TPSA) is 188 Å². The van der Waals surface area contributed by atoms with E-state index in [9.17, 15) is 44.4 Å². The van der Waals surface area contributed by atoms with Crippen LogP contribution >= 0.6 is 0 Å². The molecule has 0 saturated heterocycles. The molecule has 0 aliphatic heterocycles. The second kappa shape index (κ2) is 22.5. The minimum Gasteiger partial charge on any atom is -0.490 e. The minimum absolute atomic E-state index is 0.154. The van der Waals surface area contributed by atoms with Crippen LogP contribution in [0.25, 0.3) is 0 Å². The van der Waals surface area contributed by atoms with Gasteiger partial charge in [0.15, 0.2) is 5.60 Å². The molecule has 3 unspecified atom stereocenters. The molecule has 0 radical (unpaired) electrons. The van der Waals surface area contributed by atoms with Crippen molar-refractivity contribution in [3.8, 4) is 5.75 Å². The number of amides is 1. The molecule has 0 fully saturated rings. The van der Waals surface area contributed by atoms with Gasteiger partial charge in [-0.15, -0.1) is 0 Å². The summed E-state index contributed by atoms with van der Waals surface area (Å²) in [5.74, 6) is -7.13. The van der Waals surface area contributed by atoms with Gasteiger partial charge in [0.05, 0.1) is 12.3 Å². The molecular formula is C35H51NO10. The fourth-order valence-electron chi connectivity index (χ4n) is 4.89. The van der Waals surface area contributed by atoms with Crippen molar-refractivity contribution in [3.05, 3.63) is 54.1 Å². The average molecular weight is 646 g/mol. The Morgan fingerprint density at radius 2 is 1.48 bits per heavy atom. The molecule has 3 atom stereocenters. The lowest BCUT2D eigenvalue weighted by Crippen LogP contribution is -2.55. The van der Waals surface area contributed by atoms with Crippen molar-refractivity contribution in [3.63, 3.8) is 0 Å². The van der Waals surface area contributed by atoms with Gasteiger partial charge < -0.3 is 30.5 Å². The van der Waals surface area contributed by atoms with Crippen LogP contribution in [0.2, 0.25) is 0 Å². The predicted molar refractivity (Wildman–Crippen MR) is 174 cm³/mol. The summed E-state index contributed by atoms with van der Waals surface area (Å²) in [6.45, 7) is 4.37. The number of benzene rings is 1. The molecular weight excluding hydrogens is 594 g/mol. The fraction of sp³-hybridized carbons (Fsp3) is 0.571. The average Bonchev–Trinajstić information content (AvgIpc) is 3.00. The molecule has 256 valence electrons. The number of aliphatic hydroxyl groups is 1. The van der Waals surface area contributed by atoms with E-state index < -0.39 is 47.8 Å². The van der Waals surface area contributed by atoms with Crippen molar-refractivity contribution in [2.45, 2.75) is 115 Å². The van der Waals surface area contributed by atoms with Crippen LogP contribution in [0.5, 0.6) is 5.75 Å². The van der Waals surface area contributed by atoms with Crippen LogP contribution in [0.3, 0.4) is 0 Å². The van der Waals surface area contributed by atoms with Gasteiger partial charge >= 0.3 is 17.9 Å². The van der Waals surface area contributed by atoms with Crippen molar-refractivity contribution in [1.29, 1.82) is 0 Å². The van der Waals surface area contributed by atoms with E-state index in [1.807, 2.05) is 19.1 Å². The number of unbranched alkanes of at least 4 members (excludes halogenated alkanes) is 8. The van der Waals surface area contributed by atoms with E-state index >= 15 is 0 Å². The van der Waals surface area contributed by atoms with Crippen molar-refractivity contribution in [2.75, 3.05) is 6.61 Å². The summed E-state index contributed by atoms with van der Waals surface area (Å²) in [4.78, 5) is 60.8. The molecule has 0 spiro atoms. The number of hydrogen-bond donors (Lipinski definition) is 5. The molecule has 1 amide bonds. The Balaban J connectivity index is 2.83. The fourth-order valence-corrected chi connectivity index (χ4v) is 4.89. The number of ketones is 1. The number of carboxylic acid groups (broad SMARTS) is 3. The first-order valence-corrected chi connectivity index (χ1v) is 16.2. The van der Waals surface area contributed by atoms with Crippen LogP contribution < -0.4 is 10.1 Å². The molecule has 46 heavy (non-hydrogen) atoms. The summed E-state index contributed by atoms with van der Waals surface area (Å²) in [5.41, 5.74) is -2.47. The van der Waals surface area contributed by atoms with E-state index in [4.69, 9.17) is 4.74 Å². The zero-order valence-electron chi connectivity index (χ0n) is 27.1. The molecule has 0 saturated carbocycles. The molecule has 11 heteroatoms. The minimum atomic E-state index is -3.02. The molecule has 0 heterocycles. The summed E-state index contributed by atoms with van der Waals surface area (Å²) in [5, 5.41) is 42.0. The van der Waals surface area contributed by atoms with Gasteiger partial charge in [0, 0.05) is 19.3 Å². The van der Waals surface area contributed by atoms with E-state index in [0.29, 0.717) is 43.6 Å². The summed E-state index contributed by atoms with van der Waals surface area (Å²) >= 11 is 0.